The number of aromatic nitrogens is 1. The maximum atomic E-state index is 12.9. The van der Waals surface area contributed by atoms with Gasteiger partial charge in [0, 0.05) is 31.2 Å². The zero-order chi connectivity index (χ0) is 24.7. The van der Waals surface area contributed by atoms with Gasteiger partial charge < -0.3 is 24.5 Å². The number of nitrogens with zero attached hydrogens (tertiary/aromatic N) is 3. The number of hydrogen-bond donors (Lipinski definition) is 4. The van der Waals surface area contributed by atoms with Gasteiger partial charge in [0.1, 0.15) is 17.3 Å². The van der Waals surface area contributed by atoms with Gasteiger partial charge in [-0.15, -0.1) is 0 Å². The SMILES string of the molecule is Cc1cnc(-c2cc(O)c(C3=CN=C(N4CCN[C@@H](C5CC5)C4)NN3)c(OC(=O)C(F)(F)F)c2)o1. The van der Waals surface area contributed by atoms with E-state index >= 15 is 0 Å². The highest BCUT2D eigenvalue weighted by Crippen LogP contribution is 2.39. The number of hydrazine groups is 1. The summed E-state index contributed by atoms with van der Waals surface area (Å²) >= 11 is 0. The molecule has 186 valence electrons. The molecule has 1 aromatic carbocycles. The number of ether oxygens (including phenoxy) is 1. The number of aryl methyl sites for hydroxylation is 1. The number of oxazole rings is 1. The molecule has 1 aliphatic carbocycles. The van der Waals surface area contributed by atoms with Crippen molar-refractivity contribution in [3.05, 3.63) is 35.9 Å². The highest BCUT2D eigenvalue weighted by molar-refractivity contribution is 5.88. The number of aromatic hydroxyl groups is 1. The third kappa shape index (κ3) is 4.90. The molecule has 35 heavy (non-hydrogen) atoms. The first-order valence-electron chi connectivity index (χ1n) is 11.1. The summed E-state index contributed by atoms with van der Waals surface area (Å²) < 4.78 is 48.9. The van der Waals surface area contributed by atoms with Crippen LogP contribution in [-0.2, 0) is 4.79 Å². The Balaban J connectivity index is 1.46. The summed E-state index contributed by atoms with van der Waals surface area (Å²) in [6.07, 6.45) is -0.0579. The van der Waals surface area contributed by atoms with Crippen molar-refractivity contribution in [2.24, 2.45) is 10.9 Å². The number of aliphatic imine (C=N–C) groups is 1. The van der Waals surface area contributed by atoms with Gasteiger partial charge in [-0.3, -0.25) is 10.9 Å². The van der Waals surface area contributed by atoms with Crippen LogP contribution in [0, 0.1) is 12.8 Å². The zero-order valence-electron chi connectivity index (χ0n) is 18.6. The molecule has 0 unspecified atom stereocenters. The summed E-state index contributed by atoms with van der Waals surface area (Å²) in [6, 6.07) is 2.77. The lowest BCUT2D eigenvalue weighted by Crippen LogP contribution is -2.58. The van der Waals surface area contributed by atoms with E-state index in [-0.39, 0.29) is 22.7 Å². The minimum absolute atomic E-state index is 0.0431. The van der Waals surface area contributed by atoms with Gasteiger partial charge in [0.15, 0.2) is 0 Å². The first-order chi connectivity index (χ1) is 16.7. The van der Waals surface area contributed by atoms with Crippen molar-refractivity contribution in [2.75, 3.05) is 19.6 Å². The Morgan fingerprint density at radius 2 is 2.09 bits per heavy atom. The van der Waals surface area contributed by atoms with Crippen LogP contribution >= 0.6 is 0 Å². The molecule has 10 nitrogen and oxygen atoms in total. The van der Waals surface area contributed by atoms with E-state index < -0.39 is 23.6 Å². The van der Waals surface area contributed by atoms with E-state index in [1.165, 1.54) is 31.3 Å². The molecule has 1 saturated carbocycles. The third-order valence-electron chi connectivity index (χ3n) is 5.97. The summed E-state index contributed by atoms with van der Waals surface area (Å²) in [5.41, 5.74) is 5.84. The number of guanidine groups is 1. The number of carbonyl (C=O) groups excluding carboxylic acids is 1. The number of benzene rings is 1. The average molecular weight is 492 g/mol. The molecular weight excluding hydrogens is 469 g/mol. The molecular formula is C22H23F3N6O4. The van der Waals surface area contributed by atoms with Crippen molar-refractivity contribution in [3.8, 4) is 23.0 Å². The third-order valence-corrected chi connectivity index (χ3v) is 5.97. The number of piperazine rings is 1. The molecule has 4 N–H and O–H groups in total. The molecule has 0 amide bonds. The van der Waals surface area contributed by atoms with Crippen molar-refractivity contribution in [1.29, 1.82) is 0 Å². The molecule has 2 aliphatic heterocycles. The van der Waals surface area contributed by atoms with Gasteiger partial charge in [0.05, 0.1) is 23.7 Å². The second-order valence-corrected chi connectivity index (χ2v) is 8.62. The van der Waals surface area contributed by atoms with Crippen molar-refractivity contribution in [1.82, 2.24) is 26.1 Å². The standard InChI is InChI=1S/C22H23F3N6O4/c1-11-8-27-19(34-11)13-6-16(32)18(17(7-13)35-20(33)22(23,24)25)14-9-28-21(30-29-14)31-5-4-26-15(10-31)12-2-3-12/h6-9,12,15,26,29,32H,2-5,10H2,1H3,(H,28,30)/t15-/m1/s1. The fourth-order valence-electron chi connectivity index (χ4n) is 4.11. The number of esters is 1. The van der Waals surface area contributed by atoms with E-state index in [2.05, 4.69) is 35.8 Å². The second-order valence-electron chi connectivity index (χ2n) is 8.62. The summed E-state index contributed by atoms with van der Waals surface area (Å²) in [4.78, 5) is 22.1. The largest absolute Gasteiger partial charge is 0.507 e. The fraction of sp³-hybridized carbons (Fsp3) is 0.409. The van der Waals surface area contributed by atoms with Crippen molar-refractivity contribution >= 4 is 17.6 Å². The second kappa shape index (κ2) is 8.80. The van der Waals surface area contributed by atoms with Crippen LogP contribution < -0.4 is 20.9 Å². The summed E-state index contributed by atoms with van der Waals surface area (Å²) in [5, 5.41) is 14.2. The summed E-state index contributed by atoms with van der Waals surface area (Å²) in [7, 11) is 0. The Kier molecular flexibility index (Phi) is 5.79. The van der Waals surface area contributed by atoms with Crippen molar-refractivity contribution in [2.45, 2.75) is 32.0 Å². The van der Waals surface area contributed by atoms with Crippen LogP contribution in [0.25, 0.3) is 17.2 Å². The van der Waals surface area contributed by atoms with Gasteiger partial charge in [-0.25, -0.2) is 14.8 Å². The monoisotopic (exact) mass is 492 g/mol. The average Bonchev–Trinajstić information content (AvgIpc) is 3.59. The van der Waals surface area contributed by atoms with Gasteiger partial charge in [0.2, 0.25) is 11.9 Å². The van der Waals surface area contributed by atoms with Crippen molar-refractivity contribution in [3.63, 3.8) is 0 Å². The number of halogens is 3. The maximum absolute atomic E-state index is 12.9. The fourth-order valence-corrected chi connectivity index (χ4v) is 4.11. The van der Waals surface area contributed by atoms with Crippen LogP contribution in [0.2, 0.25) is 0 Å². The van der Waals surface area contributed by atoms with Crippen LogP contribution in [0.15, 0.2) is 33.9 Å². The topological polar surface area (TPSA) is 124 Å². The van der Waals surface area contributed by atoms with Crippen LogP contribution in [0.5, 0.6) is 11.5 Å². The van der Waals surface area contributed by atoms with Crippen LogP contribution in [0.3, 0.4) is 0 Å². The molecule has 0 radical (unpaired) electrons. The zero-order valence-corrected chi connectivity index (χ0v) is 18.6. The first kappa shape index (κ1) is 23.0. The van der Waals surface area contributed by atoms with Gasteiger partial charge in [-0.1, -0.05) is 0 Å². The summed E-state index contributed by atoms with van der Waals surface area (Å²) in [5.74, 6) is -1.72. The highest BCUT2D eigenvalue weighted by atomic mass is 19.4. The first-order valence-corrected chi connectivity index (χ1v) is 11.1. The Labute approximate surface area is 197 Å². The van der Waals surface area contributed by atoms with Gasteiger partial charge >= 0.3 is 12.1 Å². The maximum Gasteiger partial charge on any atom is 0.491 e. The summed E-state index contributed by atoms with van der Waals surface area (Å²) in [6.45, 7) is 3.94. The molecule has 2 fully saturated rings. The Morgan fingerprint density at radius 1 is 1.29 bits per heavy atom. The molecule has 0 spiro atoms. The van der Waals surface area contributed by atoms with E-state index in [1.54, 1.807) is 6.92 Å². The highest BCUT2D eigenvalue weighted by Gasteiger charge is 2.42. The van der Waals surface area contributed by atoms with E-state index in [4.69, 9.17) is 4.42 Å². The number of nitrogens with one attached hydrogen (secondary N) is 3. The minimum Gasteiger partial charge on any atom is -0.507 e. The van der Waals surface area contributed by atoms with Crippen LogP contribution in [-0.4, -0.2) is 58.8 Å². The number of carbonyl (C=O) groups is 1. The molecule has 2 aromatic rings. The van der Waals surface area contributed by atoms with E-state index in [0.29, 0.717) is 23.7 Å². The molecule has 5 rings (SSSR count). The van der Waals surface area contributed by atoms with E-state index in [1.807, 2.05) is 0 Å². The lowest BCUT2D eigenvalue weighted by Gasteiger charge is -2.37. The quantitative estimate of drug-likeness (QED) is 0.376. The number of alkyl halides is 3. The molecule has 13 heteroatoms. The van der Waals surface area contributed by atoms with Gasteiger partial charge in [-0.05, 0) is 37.8 Å². The minimum atomic E-state index is -5.24. The number of phenolic OH excluding ortho intramolecular Hbond substituents is 1. The van der Waals surface area contributed by atoms with Crippen LogP contribution in [0.1, 0.15) is 24.2 Å². The smallest absolute Gasteiger partial charge is 0.491 e. The molecule has 3 aliphatic rings. The van der Waals surface area contributed by atoms with E-state index in [9.17, 15) is 23.1 Å². The lowest BCUT2D eigenvalue weighted by molar-refractivity contribution is -0.189. The number of hydrogen-bond acceptors (Lipinski definition) is 10. The molecule has 1 atom stereocenters. The molecule has 3 heterocycles. The Morgan fingerprint density at radius 3 is 2.71 bits per heavy atom. The molecule has 1 aromatic heterocycles. The predicted octanol–water partition coefficient (Wildman–Crippen LogP) is 2.27. The van der Waals surface area contributed by atoms with Gasteiger partial charge in [-0.2, -0.15) is 13.2 Å². The molecule has 0 bridgehead atoms. The predicted molar refractivity (Wildman–Crippen MR) is 118 cm³/mol. The van der Waals surface area contributed by atoms with Gasteiger partial charge in [0.25, 0.3) is 0 Å². The normalized spacial score (nSPS) is 20.5. The van der Waals surface area contributed by atoms with E-state index in [0.717, 1.165) is 25.7 Å². The molecule has 1 saturated heterocycles. The Bertz CT molecular complexity index is 1200. The number of rotatable bonds is 4. The Hall–Kier alpha value is -3.74. The van der Waals surface area contributed by atoms with Crippen LogP contribution in [0.4, 0.5) is 13.2 Å². The van der Waals surface area contributed by atoms with Crippen molar-refractivity contribution < 1.29 is 32.2 Å². The lowest BCUT2D eigenvalue weighted by atomic mass is 10.1. The number of phenols is 1.